The summed E-state index contributed by atoms with van der Waals surface area (Å²) >= 11 is 10.3. The summed E-state index contributed by atoms with van der Waals surface area (Å²) in [5.41, 5.74) is 0.878. The number of halogens is 2. The fraction of sp³-hybridized carbons (Fsp3) is 0. The lowest BCUT2D eigenvalue weighted by atomic mass is 10.2. The van der Waals surface area contributed by atoms with Crippen LogP contribution >= 0.6 is 45.5 Å². The maximum Gasteiger partial charge on any atom is 0.171 e. The summed E-state index contributed by atoms with van der Waals surface area (Å²) in [4.78, 5) is 10.2. The van der Waals surface area contributed by atoms with Gasteiger partial charge in [0, 0.05) is 13.7 Å². The molecule has 0 aliphatic heterocycles. The van der Waals surface area contributed by atoms with Crippen LogP contribution in [0.15, 0.2) is 48.5 Å². The summed E-state index contributed by atoms with van der Waals surface area (Å²) in [7, 11) is 0. The minimum Gasteiger partial charge on any atom is -0.227 e. The first-order valence-corrected chi connectivity index (χ1v) is 8.60. The molecule has 2 aromatic heterocycles. The Morgan fingerprint density at radius 1 is 1.00 bits per heavy atom. The lowest BCUT2D eigenvalue weighted by molar-refractivity contribution is 1.24. The molecule has 2 aromatic carbocycles. The minimum atomic E-state index is 0.506. The van der Waals surface area contributed by atoms with Crippen molar-refractivity contribution in [1.29, 1.82) is 0 Å². The molecule has 2 heterocycles. The SMILES string of the molecule is Clc1nc(-c2cc3ccccc3s2)nc2ccc(I)cc12. The Labute approximate surface area is 143 Å². The highest BCUT2D eigenvalue weighted by molar-refractivity contribution is 14.1. The Balaban J connectivity index is 1.95. The number of fused-ring (bicyclic) bond motifs is 2. The number of hydrogen-bond acceptors (Lipinski definition) is 3. The monoisotopic (exact) mass is 422 g/mol. The molecule has 0 unspecified atom stereocenters. The highest BCUT2D eigenvalue weighted by Crippen LogP contribution is 2.33. The summed E-state index contributed by atoms with van der Waals surface area (Å²) in [6, 6.07) is 16.4. The highest BCUT2D eigenvalue weighted by atomic mass is 127. The summed E-state index contributed by atoms with van der Waals surface area (Å²) in [6.45, 7) is 0. The summed E-state index contributed by atoms with van der Waals surface area (Å²) in [5.74, 6) is 0.690. The Morgan fingerprint density at radius 3 is 2.71 bits per heavy atom. The van der Waals surface area contributed by atoms with Gasteiger partial charge in [-0.2, -0.15) is 0 Å². The second-order valence-electron chi connectivity index (χ2n) is 4.65. The van der Waals surface area contributed by atoms with Gasteiger partial charge in [-0.3, -0.25) is 0 Å². The Hall–Kier alpha value is -1.24. The zero-order valence-electron chi connectivity index (χ0n) is 10.7. The van der Waals surface area contributed by atoms with Crippen molar-refractivity contribution in [3.8, 4) is 10.7 Å². The minimum absolute atomic E-state index is 0.506. The average molecular weight is 423 g/mol. The molecule has 0 aliphatic rings. The van der Waals surface area contributed by atoms with E-state index in [1.807, 2.05) is 30.3 Å². The predicted molar refractivity (Wildman–Crippen MR) is 98.1 cm³/mol. The number of nitrogens with zero attached hydrogens (tertiary/aromatic N) is 2. The summed E-state index contributed by atoms with van der Waals surface area (Å²) in [5, 5.41) is 2.61. The summed E-state index contributed by atoms with van der Waals surface area (Å²) < 4.78 is 2.36. The normalized spacial score (nSPS) is 11.3. The molecule has 0 aliphatic carbocycles. The van der Waals surface area contributed by atoms with E-state index in [0.717, 1.165) is 19.4 Å². The van der Waals surface area contributed by atoms with Crippen LogP contribution in [0, 0.1) is 3.57 Å². The molecule has 0 fully saturated rings. The smallest absolute Gasteiger partial charge is 0.171 e. The standard InChI is InChI=1S/C16H8ClIN2S/c17-15-11-8-10(18)5-6-12(11)19-16(20-15)14-7-9-3-1-2-4-13(9)21-14/h1-8H. The third-order valence-corrected chi connectivity index (χ3v) is 5.33. The summed E-state index contributed by atoms with van der Waals surface area (Å²) in [6.07, 6.45) is 0. The van der Waals surface area contributed by atoms with Crippen LogP contribution in [0.1, 0.15) is 0 Å². The predicted octanol–water partition coefficient (Wildman–Crippen LogP) is 5.77. The van der Waals surface area contributed by atoms with Crippen molar-refractivity contribution in [1.82, 2.24) is 9.97 Å². The number of benzene rings is 2. The molecular weight excluding hydrogens is 415 g/mol. The zero-order chi connectivity index (χ0) is 14.4. The van der Waals surface area contributed by atoms with Crippen LogP contribution in [-0.2, 0) is 0 Å². The van der Waals surface area contributed by atoms with Gasteiger partial charge in [-0.15, -0.1) is 11.3 Å². The molecule has 102 valence electrons. The van der Waals surface area contributed by atoms with Crippen LogP contribution in [0.4, 0.5) is 0 Å². The van der Waals surface area contributed by atoms with Crippen LogP contribution < -0.4 is 0 Å². The van der Waals surface area contributed by atoms with Crippen molar-refractivity contribution in [2.75, 3.05) is 0 Å². The van der Waals surface area contributed by atoms with Gasteiger partial charge in [0.2, 0.25) is 0 Å². The van der Waals surface area contributed by atoms with E-state index in [1.54, 1.807) is 11.3 Å². The second-order valence-corrected chi connectivity index (χ2v) is 7.34. The van der Waals surface area contributed by atoms with Crippen LogP contribution in [0.2, 0.25) is 5.15 Å². The van der Waals surface area contributed by atoms with Gasteiger partial charge in [-0.25, -0.2) is 9.97 Å². The second kappa shape index (κ2) is 5.19. The van der Waals surface area contributed by atoms with E-state index in [9.17, 15) is 0 Å². The first-order valence-electron chi connectivity index (χ1n) is 6.32. The van der Waals surface area contributed by atoms with Gasteiger partial charge in [0.05, 0.1) is 10.4 Å². The molecular formula is C16H8ClIN2S. The van der Waals surface area contributed by atoms with E-state index in [4.69, 9.17) is 11.6 Å². The quantitative estimate of drug-likeness (QED) is 0.287. The molecule has 4 rings (SSSR count). The van der Waals surface area contributed by atoms with Gasteiger partial charge in [0.25, 0.3) is 0 Å². The maximum atomic E-state index is 6.33. The Bertz CT molecular complexity index is 948. The number of aromatic nitrogens is 2. The molecule has 0 radical (unpaired) electrons. The van der Waals surface area contributed by atoms with E-state index in [-0.39, 0.29) is 0 Å². The van der Waals surface area contributed by atoms with E-state index in [2.05, 4.69) is 50.8 Å². The molecule has 4 aromatic rings. The molecule has 21 heavy (non-hydrogen) atoms. The van der Waals surface area contributed by atoms with Gasteiger partial charge in [-0.1, -0.05) is 29.8 Å². The van der Waals surface area contributed by atoms with Gasteiger partial charge < -0.3 is 0 Å². The number of thiophene rings is 1. The fourth-order valence-electron chi connectivity index (χ4n) is 2.27. The molecule has 0 amide bonds. The van der Waals surface area contributed by atoms with Crippen molar-refractivity contribution in [2.24, 2.45) is 0 Å². The molecule has 0 N–H and O–H groups in total. The zero-order valence-corrected chi connectivity index (χ0v) is 14.4. The molecule has 0 saturated heterocycles. The van der Waals surface area contributed by atoms with Crippen molar-refractivity contribution in [2.45, 2.75) is 0 Å². The molecule has 0 bridgehead atoms. The van der Waals surface area contributed by atoms with Gasteiger partial charge in [0.1, 0.15) is 5.15 Å². The van der Waals surface area contributed by atoms with Crippen LogP contribution in [0.25, 0.3) is 31.7 Å². The van der Waals surface area contributed by atoms with Crippen LogP contribution in [0.5, 0.6) is 0 Å². The molecule has 0 spiro atoms. The molecule has 5 heteroatoms. The van der Waals surface area contributed by atoms with Crippen molar-refractivity contribution in [3.63, 3.8) is 0 Å². The van der Waals surface area contributed by atoms with Crippen molar-refractivity contribution in [3.05, 3.63) is 57.3 Å². The lowest BCUT2D eigenvalue weighted by Crippen LogP contribution is -1.90. The van der Waals surface area contributed by atoms with Gasteiger partial charge in [0.15, 0.2) is 5.82 Å². The molecule has 2 nitrogen and oxygen atoms in total. The third-order valence-electron chi connectivity index (χ3n) is 3.26. The van der Waals surface area contributed by atoms with Crippen LogP contribution in [-0.4, -0.2) is 9.97 Å². The Morgan fingerprint density at radius 2 is 1.86 bits per heavy atom. The third kappa shape index (κ3) is 2.41. The van der Waals surface area contributed by atoms with Gasteiger partial charge >= 0.3 is 0 Å². The van der Waals surface area contributed by atoms with Crippen molar-refractivity contribution < 1.29 is 0 Å². The average Bonchev–Trinajstić information content (AvgIpc) is 2.92. The number of rotatable bonds is 1. The largest absolute Gasteiger partial charge is 0.227 e. The van der Waals surface area contributed by atoms with Crippen molar-refractivity contribution >= 4 is 66.5 Å². The number of hydrogen-bond donors (Lipinski definition) is 0. The first-order chi connectivity index (χ1) is 10.2. The first kappa shape index (κ1) is 13.4. The van der Waals surface area contributed by atoms with E-state index < -0.39 is 0 Å². The Kier molecular flexibility index (Phi) is 3.32. The van der Waals surface area contributed by atoms with Gasteiger partial charge in [-0.05, 0) is 58.3 Å². The van der Waals surface area contributed by atoms with Crippen LogP contribution in [0.3, 0.4) is 0 Å². The van der Waals surface area contributed by atoms with E-state index in [0.29, 0.717) is 11.0 Å². The lowest BCUT2D eigenvalue weighted by Gasteiger charge is -2.03. The van der Waals surface area contributed by atoms with E-state index >= 15 is 0 Å². The fourth-order valence-corrected chi connectivity index (χ4v) is 3.98. The van der Waals surface area contributed by atoms with E-state index in [1.165, 1.54) is 10.1 Å². The molecule has 0 saturated carbocycles. The molecule has 0 atom stereocenters. The maximum absolute atomic E-state index is 6.33. The highest BCUT2D eigenvalue weighted by Gasteiger charge is 2.11. The topological polar surface area (TPSA) is 25.8 Å².